The van der Waals surface area contributed by atoms with Crippen LogP contribution in [0.2, 0.25) is 0 Å². The van der Waals surface area contributed by atoms with Crippen molar-refractivity contribution in [2.24, 2.45) is 11.7 Å². The third-order valence-corrected chi connectivity index (χ3v) is 3.81. The number of carbonyl (C=O) groups is 2. The number of hydrogen-bond acceptors (Lipinski definition) is 3. The fraction of sp³-hybridized carbons (Fsp3) is 0.263. The number of imide groups is 1. The van der Waals surface area contributed by atoms with Crippen LogP contribution in [-0.4, -0.2) is 11.9 Å². The molecule has 2 atom stereocenters. The molecule has 0 aliphatic heterocycles. The topological polar surface area (TPSA) is 84.2 Å². The number of primary amides is 1. The molecule has 0 aromatic heterocycles. The standard InChI is InChI=1S/C19H23N3O2/c1-13(2)16(14-9-5-3-6-10-14)21-17(18(23)22-19(20)24)15-11-7-4-8-12-15/h3-13,16-17,21H,1-2H3,(H3,20,22,23,24)/t16-,17+/m1/s1. The first kappa shape index (κ1) is 17.7. The maximum Gasteiger partial charge on any atom is 0.318 e. The lowest BCUT2D eigenvalue weighted by Gasteiger charge is -2.28. The second-order valence-corrected chi connectivity index (χ2v) is 6.00. The minimum Gasteiger partial charge on any atom is -0.351 e. The SMILES string of the molecule is CC(C)[C@@H](N[C@H](C(=O)NC(N)=O)c1ccccc1)c1ccccc1. The first-order valence-corrected chi connectivity index (χ1v) is 7.95. The molecule has 2 aromatic carbocycles. The van der Waals surface area contributed by atoms with Gasteiger partial charge in [-0.25, -0.2) is 4.79 Å². The summed E-state index contributed by atoms with van der Waals surface area (Å²) in [6.45, 7) is 4.16. The smallest absolute Gasteiger partial charge is 0.318 e. The van der Waals surface area contributed by atoms with Gasteiger partial charge in [0.05, 0.1) is 0 Å². The maximum absolute atomic E-state index is 12.5. The van der Waals surface area contributed by atoms with E-state index in [1.807, 2.05) is 60.7 Å². The molecule has 0 saturated carbocycles. The summed E-state index contributed by atoms with van der Waals surface area (Å²) in [7, 11) is 0. The van der Waals surface area contributed by atoms with Crippen molar-refractivity contribution in [2.75, 3.05) is 0 Å². The minimum atomic E-state index is -0.858. The van der Waals surface area contributed by atoms with Crippen molar-refractivity contribution >= 4 is 11.9 Å². The number of rotatable bonds is 6. The molecule has 24 heavy (non-hydrogen) atoms. The lowest BCUT2D eigenvalue weighted by Crippen LogP contribution is -2.44. The number of urea groups is 1. The Bertz CT molecular complexity index is 672. The zero-order chi connectivity index (χ0) is 17.5. The molecule has 3 amide bonds. The zero-order valence-corrected chi connectivity index (χ0v) is 13.9. The van der Waals surface area contributed by atoms with Gasteiger partial charge in [-0.1, -0.05) is 74.5 Å². The Labute approximate surface area is 142 Å². The van der Waals surface area contributed by atoms with E-state index in [9.17, 15) is 9.59 Å². The van der Waals surface area contributed by atoms with Crippen LogP contribution in [0.3, 0.4) is 0 Å². The van der Waals surface area contributed by atoms with Gasteiger partial charge in [-0.3, -0.25) is 15.4 Å². The third-order valence-electron chi connectivity index (χ3n) is 3.81. The van der Waals surface area contributed by atoms with Gasteiger partial charge in [-0.2, -0.15) is 0 Å². The first-order valence-electron chi connectivity index (χ1n) is 7.95. The van der Waals surface area contributed by atoms with Gasteiger partial charge in [-0.15, -0.1) is 0 Å². The van der Waals surface area contributed by atoms with Crippen LogP contribution in [0.5, 0.6) is 0 Å². The van der Waals surface area contributed by atoms with Gasteiger partial charge in [0.1, 0.15) is 6.04 Å². The van der Waals surface area contributed by atoms with Crippen LogP contribution in [0.25, 0.3) is 0 Å². The van der Waals surface area contributed by atoms with E-state index < -0.39 is 18.0 Å². The van der Waals surface area contributed by atoms with Crippen molar-refractivity contribution < 1.29 is 9.59 Å². The van der Waals surface area contributed by atoms with E-state index >= 15 is 0 Å². The van der Waals surface area contributed by atoms with E-state index in [1.54, 1.807) is 0 Å². The van der Waals surface area contributed by atoms with E-state index in [1.165, 1.54) is 0 Å². The maximum atomic E-state index is 12.5. The quantitative estimate of drug-likeness (QED) is 0.763. The molecule has 5 heteroatoms. The number of amides is 3. The largest absolute Gasteiger partial charge is 0.351 e. The van der Waals surface area contributed by atoms with Gasteiger partial charge in [-0.05, 0) is 17.0 Å². The number of carbonyl (C=O) groups excluding carboxylic acids is 2. The monoisotopic (exact) mass is 325 g/mol. The molecule has 0 spiro atoms. The summed E-state index contributed by atoms with van der Waals surface area (Å²) in [4.78, 5) is 23.6. The van der Waals surface area contributed by atoms with Gasteiger partial charge in [0.15, 0.2) is 0 Å². The first-order chi connectivity index (χ1) is 11.5. The zero-order valence-electron chi connectivity index (χ0n) is 13.9. The van der Waals surface area contributed by atoms with Crippen molar-refractivity contribution in [1.82, 2.24) is 10.6 Å². The van der Waals surface area contributed by atoms with Crippen LogP contribution < -0.4 is 16.4 Å². The summed E-state index contributed by atoms with van der Waals surface area (Å²) in [5.74, 6) is -0.213. The Balaban J connectivity index is 2.32. The van der Waals surface area contributed by atoms with E-state index in [2.05, 4.69) is 24.5 Å². The third kappa shape index (κ3) is 4.67. The van der Waals surface area contributed by atoms with Gasteiger partial charge < -0.3 is 5.73 Å². The molecule has 0 heterocycles. The Morgan fingerprint density at radius 3 is 1.83 bits per heavy atom. The van der Waals surface area contributed by atoms with Gasteiger partial charge in [0.25, 0.3) is 0 Å². The number of hydrogen-bond donors (Lipinski definition) is 3. The van der Waals surface area contributed by atoms with Crippen molar-refractivity contribution in [3.8, 4) is 0 Å². The molecule has 126 valence electrons. The highest BCUT2D eigenvalue weighted by Crippen LogP contribution is 2.26. The summed E-state index contributed by atoms with van der Waals surface area (Å²) >= 11 is 0. The molecule has 0 bridgehead atoms. The average Bonchev–Trinajstić information content (AvgIpc) is 2.56. The molecular formula is C19H23N3O2. The van der Waals surface area contributed by atoms with Crippen LogP contribution in [-0.2, 0) is 4.79 Å². The van der Waals surface area contributed by atoms with Gasteiger partial charge >= 0.3 is 6.03 Å². The highest BCUT2D eigenvalue weighted by atomic mass is 16.2. The molecule has 0 fully saturated rings. The van der Waals surface area contributed by atoms with Crippen LogP contribution in [0.4, 0.5) is 4.79 Å². The average molecular weight is 325 g/mol. The van der Waals surface area contributed by atoms with Crippen molar-refractivity contribution in [3.05, 3.63) is 71.8 Å². The van der Waals surface area contributed by atoms with Crippen LogP contribution in [0.1, 0.15) is 37.1 Å². The molecule has 2 rings (SSSR count). The summed E-state index contributed by atoms with van der Waals surface area (Å²) < 4.78 is 0. The van der Waals surface area contributed by atoms with Crippen molar-refractivity contribution in [3.63, 3.8) is 0 Å². The second kappa shape index (κ2) is 8.26. The normalized spacial score (nSPS) is 13.3. The summed E-state index contributed by atoms with van der Waals surface area (Å²) in [6, 6.07) is 17.6. The Morgan fingerprint density at radius 2 is 1.38 bits per heavy atom. The highest BCUT2D eigenvalue weighted by molar-refractivity contribution is 5.96. The summed E-state index contributed by atoms with van der Waals surface area (Å²) in [6.07, 6.45) is 0. The molecule has 2 aromatic rings. The molecule has 0 aliphatic carbocycles. The van der Waals surface area contributed by atoms with Crippen LogP contribution in [0.15, 0.2) is 60.7 Å². The van der Waals surface area contributed by atoms with E-state index in [0.29, 0.717) is 0 Å². The van der Waals surface area contributed by atoms with Crippen molar-refractivity contribution in [1.29, 1.82) is 0 Å². The molecular weight excluding hydrogens is 302 g/mol. The van der Waals surface area contributed by atoms with Crippen molar-refractivity contribution in [2.45, 2.75) is 25.9 Å². The molecule has 0 radical (unpaired) electrons. The summed E-state index contributed by atoms with van der Waals surface area (Å²) in [5, 5.41) is 5.55. The molecule has 0 unspecified atom stereocenters. The molecule has 0 aliphatic rings. The Morgan fingerprint density at radius 1 is 0.875 bits per heavy atom. The highest BCUT2D eigenvalue weighted by Gasteiger charge is 2.26. The Kier molecular flexibility index (Phi) is 6.09. The number of benzene rings is 2. The number of nitrogens with two attached hydrogens (primary N) is 1. The van der Waals surface area contributed by atoms with E-state index in [4.69, 9.17) is 5.73 Å². The fourth-order valence-corrected chi connectivity index (χ4v) is 2.68. The summed E-state index contributed by atoms with van der Waals surface area (Å²) in [5.41, 5.74) is 6.97. The Hall–Kier alpha value is -2.66. The molecule has 4 N–H and O–H groups in total. The van der Waals surface area contributed by atoms with Crippen LogP contribution in [0, 0.1) is 5.92 Å². The number of nitrogens with one attached hydrogen (secondary N) is 2. The second-order valence-electron chi connectivity index (χ2n) is 6.00. The molecule has 0 saturated heterocycles. The molecule has 5 nitrogen and oxygen atoms in total. The lowest BCUT2D eigenvalue weighted by molar-refractivity contribution is -0.122. The van der Waals surface area contributed by atoms with Crippen LogP contribution >= 0.6 is 0 Å². The van der Waals surface area contributed by atoms with E-state index in [-0.39, 0.29) is 12.0 Å². The predicted octanol–water partition coefficient (Wildman–Crippen LogP) is 2.91. The predicted molar refractivity (Wildman–Crippen MR) is 94.1 cm³/mol. The van der Waals surface area contributed by atoms with Gasteiger partial charge in [0, 0.05) is 6.04 Å². The van der Waals surface area contributed by atoms with E-state index in [0.717, 1.165) is 11.1 Å². The minimum absolute atomic E-state index is 0.0463. The lowest BCUT2D eigenvalue weighted by atomic mass is 9.94. The fourth-order valence-electron chi connectivity index (χ4n) is 2.68. The van der Waals surface area contributed by atoms with Gasteiger partial charge in [0.2, 0.25) is 5.91 Å².